The second kappa shape index (κ2) is 3.24. The first kappa shape index (κ1) is 9.22. The van der Waals surface area contributed by atoms with Gasteiger partial charge in [-0.3, -0.25) is 0 Å². The highest BCUT2D eigenvalue weighted by molar-refractivity contribution is 5.41. The Bertz CT molecular complexity index is 365. The molecule has 1 aromatic carbocycles. The van der Waals surface area contributed by atoms with Gasteiger partial charge in [-0.25, -0.2) is 0 Å². The van der Waals surface area contributed by atoms with Crippen molar-refractivity contribution in [1.82, 2.24) is 0 Å². The molecule has 2 aliphatic carbocycles. The molecule has 0 spiro atoms. The largest absolute Gasteiger partial charge is 0.490 e. The molecular weight excluding hydrogens is 188 g/mol. The lowest BCUT2D eigenvalue weighted by Crippen LogP contribution is -2.25. The van der Waals surface area contributed by atoms with Crippen LogP contribution in [0.25, 0.3) is 0 Å². The summed E-state index contributed by atoms with van der Waals surface area (Å²) in [6, 6.07) is 7.91. The molecule has 15 heavy (non-hydrogen) atoms. The summed E-state index contributed by atoms with van der Waals surface area (Å²) < 4.78 is 5.89. The lowest BCUT2D eigenvalue weighted by atomic mass is 9.96. The second-order valence-electron chi connectivity index (χ2n) is 4.70. The average Bonchev–Trinajstić information content (AvgIpc) is 2.92. The van der Waals surface area contributed by atoms with Gasteiger partial charge in [0.05, 0.1) is 11.7 Å². The summed E-state index contributed by atoms with van der Waals surface area (Å²) in [4.78, 5) is 0. The van der Waals surface area contributed by atoms with Gasteiger partial charge < -0.3 is 9.84 Å². The normalized spacial score (nSPS) is 23.3. The highest BCUT2D eigenvalue weighted by atomic mass is 16.5. The minimum absolute atomic E-state index is 0.383. The maximum atomic E-state index is 10.1. The SMILES string of the molecule is OC1(c2ccccc2OC2CCC2)CC1. The molecule has 0 bridgehead atoms. The summed E-state index contributed by atoms with van der Waals surface area (Å²) in [5.74, 6) is 0.891. The molecule has 2 aliphatic rings. The van der Waals surface area contributed by atoms with Gasteiger partial charge in [-0.2, -0.15) is 0 Å². The third-order valence-corrected chi connectivity index (χ3v) is 3.46. The van der Waals surface area contributed by atoms with Crippen LogP contribution >= 0.6 is 0 Å². The molecule has 0 unspecified atom stereocenters. The van der Waals surface area contributed by atoms with Crippen molar-refractivity contribution in [3.8, 4) is 5.75 Å². The quantitative estimate of drug-likeness (QED) is 0.820. The minimum Gasteiger partial charge on any atom is -0.490 e. The van der Waals surface area contributed by atoms with Crippen molar-refractivity contribution in [2.45, 2.75) is 43.8 Å². The summed E-state index contributed by atoms with van der Waals surface area (Å²) in [6.07, 6.45) is 5.72. The number of hydrogen-bond donors (Lipinski definition) is 1. The molecule has 0 atom stereocenters. The van der Waals surface area contributed by atoms with E-state index in [1.165, 1.54) is 6.42 Å². The molecule has 2 saturated carbocycles. The van der Waals surface area contributed by atoms with Crippen molar-refractivity contribution in [3.63, 3.8) is 0 Å². The van der Waals surface area contributed by atoms with Gasteiger partial charge in [0.25, 0.3) is 0 Å². The van der Waals surface area contributed by atoms with E-state index in [2.05, 4.69) is 0 Å². The highest BCUT2D eigenvalue weighted by Gasteiger charge is 2.44. The van der Waals surface area contributed by atoms with Gasteiger partial charge in [-0.05, 0) is 38.2 Å². The van der Waals surface area contributed by atoms with Crippen molar-refractivity contribution < 1.29 is 9.84 Å². The maximum absolute atomic E-state index is 10.1. The van der Waals surface area contributed by atoms with Gasteiger partial charge in [0.1, 0.15) is 5.75 Å². The van der Waals surface area contributed by atoms with Gasteiger partial charge in [-0.15, -0.1) is 0 Å². The Morgan fingerprint density at radius 3 is 2.53 bits per heavy atom. The lowest BCUT2D eigenvalue weighted by molar-refractivity contribution is 0.105. The lowest BCUT2D eigenvalue weighted by Gasteiger charge is -2.28. The van der Waals surface area contributed by atoms with Crippen LogP contribution in [-0.2, 0) is 5.60 Å². The van der Waals surface area contributed by atoms with E-state index in [9.17, 15) is 5.11 Å². The molecule has 0 heterocycles. The molecule has 2 nitrogen and oxygen atoms in total. The zero-order chi connectivity index (χ0) is 10.3. The second-order valence-corrected chi connectivity index (χ2v) is 4.70. The Morgan fingerprint density at radius 2 is 1.93 bits per heavy atom. The molecule has 0 amide bonds. The molecule has 1 N–H and O–H groups in total. The van der Waals surface area contributed by atoms with Crippen LogP contribution < -0.4 is 4.74 Å². The summed E-state index contributed by atoms with van der Waals surface area (Å²) in [6.45, 7) is 0. The molecular formula is C13H16O2. The van der Waals surface area contributed by atoms with Crippen LogP contribution in [0.2, 0.25) is 0 Å². The molecule has 0 saturated heterocycles. The first-order valence-electron chi connectivity index (χ1n) is 5.76. The van der Waals surface area contributed by atoms with Crippen molar-refractivity contribution in [2.24, 2.45) is 0 Å². The maximum Gasteiger partial charge on any atom is 0.125 e. The van der Waals surface area contributed by atoms with E-state index in [0.717, 1.165) is 37.0 Å². The molecule has 1 aromatic rings. The molecule has 0 aliphatic heterocycles. The van der Waals surface area contributed by atoms with Crippen LogP contribution in [0.1, 0.15) is 37.7 Å². The molecule has 2 fully saturated rings. The van der Waals surface area contributed by atoms with Crippen LogP contribution in [0, 0.1) is 0 Å². The van der Waals surface area contributed by atoms with Crippen molar-refractivity contribution in [1.29, 1.82) is 0 Å². The van der Waals surface area contributed by atoms with E-state index in [1.807, 2.05) is 24.3 Å². The monoisotopic (exact) mass is 204 g/mol. The first-order chi connectivity index (χ1) is 7.28. The van der Waals surface area contributed by atoms with E-state index in [0.29, 0.717) is 6.10 Å². The molecule has 2 heteroatoms. The van der Waals surface area contributed by atoms with Crippen molar-refractivity contribution in [3.05, 3.63) is 29.8 Å². The smallest absolute Gasteiger partial charge is 0.125 e. The fraction of sp³-hybridized carbons (Fsp3) is 0.538. The van der Waals surface area contributed by atoms with Crippen LogP contribution in [0.15, 0.2) is 24.3 Å². The van der Waals surface area contributed by atoms with Crippen LogP contribution in [0.5, 0.6) is 5.75 Å². The number of hydrogen-bond acceptors (Lipinski definition) is 2. The fourth-order valence-electron chi connectivity index (χ4n) is 2.01. The predicted molar refractivity (Wildman–Crippen MR) is 57.8 cm³/mol. The molecule has 3 rings (SSSR count). The molecule has 0 aromatic heterocycles. The summed E-state index contributed by atoms with van der Waals surface area (Å²) >= 11 is 0. The summed E-state index contributed by atoms with van der Waals surface area (Å²) in [5, 5.41) is 10.1. The van der Waals surface area contributed by atoms with Gasteiger partial charge in [0.15, 0.2) is 0 Å². The third-order valence-electron chi connectivity index (χ3n) is 3.46. The van der Waals surface area contributed by atoms with E-state index in [4.69, 9.17) is 4.74 Å². The van der Waals surface area contributed by atoms with Crippen molar-refractivity contribution >= 4 is 0 Å². The van der Waals surface area contributed by atoms with E-state index in [1.54, 1.807) is 0 Å². The zero-order valence-electron chi connectivity index (χ0n) is 8.78. The van der Waals surface area contributed by atoms with Crippen LogP contribution in [-0.4, -0.2) is 11.2 Å². The Hall–Kier alpha value is -1.02. The van der Waals surface area contributed by atoms with Gasteiger partial charge in [-0.1, -0.05) is 18.2 Å². The third kappa shape index (κ3) is 1.63. The topological polar surface area (TPSA) is 29.5 Å². The summed E-state index contributed by atoms with van der Waals surface area (Å²) in [5.41, 5.74) is 0.400. The van der Waals surface area contributed by atoms with Gasteiger partial charge in [0.2, 0.25) is 0 Å². The predicted octanol–water partition coefficient (Wildman–Crippen LogP) is 2.60. The van der Waals surface area contributed by atoms with Crippen molar-refractivity contribution in [2.75, 3.05) is 0 Å². The fourth-order valence-corrected chi connectivity index (χ4v) is 2.01. The molecule has 80 valence electrons. The summed E-state index contributed by atoms with van der Waals surface area (Å²) in [7, 11) is 0. The van der Waals surface area contributed by atoms with E-state index < -0.39 is 5.60 Å². The number of benzene rings is 1. The Morgan fingerprint density at radius 1 is 1.20 bits per heavy atom. The van der Waals surface area contributed by atoms with Crippen LogP contribution in [0.3, 0.4) is 0 Å². The number of aliphatic hydroxyl groups is 1. The number of ether oxygens (including phenoxy) is 1. The van der Waals surface area contributed by atoms with E-state index in [-0.39, 0.29) is 0 Å². The number of rotatable bonds is 3. The van der Waals surface area contributed by atoms with E-state index >= 15 is 0 Å². The van der Waals surface area contributed by atoms with Crippen LogP contribution in [0.4, 0.5) is 0 Å². The average molecular weight is 204 g/mol. The molecule has 0 radical (unpaired) electrons. The first-order valence-corrected chi connectivity index (χ1v) is 5.76. The Kier molecular flexibility index (Phi) is 1.99. The van der Waals surface area contributed by atoms with Gasteiger partial charge in [0, 0.05) is 5.56 Å². The Labute approximate surface area is 89.9 Å². The number of para-hydroxylation sites is 1. The zero-order valence-corrected chi connectivity index (χ0v) is 8.78. The standard InChI is InChI=1S/C13H16O2/c14-13(8-9-13)11-6-1-2-7-12(11)15-10-4-3-5-10/h1-2,6-7,10,14H,3-5,8-9H2. The highest BCUT2D eigenvalue weighted by Crippen LogP contribution is 2.49. The Balaban J connectivity index is 1.85. The minimum atomic E-state index is -0.583. The van der Waals surface area contributed by atoms with Gasteiger partial charge >= 0.3 is 0 Å².